The molecule has 0 bridgehead atoms. The van der Waals surface area contributed by atoms with E-state index in [1.54, 1.807) is 76.2 Å². The lowest BCUT2D eigenvalue weighted by molar-refractivity contribution is -0.152. The van der Waals surface area contributed by atoms with Gasteiger partial charge in [0.15, 0.2) is 0 Å². The molecular formula is C134H186. The maximum absolute atomic E-state index is 2.72. The van der Waals surface area contributed by atoms with Crippen LogP contribution in [0, 0.1) is 157 Å². The third-order valence-electron chi connectivity index (χ3n) is 33.7. The number of fused-ring (bicyclic) bond motifs is 6. The molecule has 0 heteroatoms. The highest BCUT2D eigenvalue weighted by Crippen LogP contribution is 2.69. The van der Waals surface area contributed by atoms with Crippen LogP contribution >= 0.6 is 0 Å². The fourth-order valence-electron chi connectivity index (χ4n) is 24.4. The molecule has 20 rings (SSSR count). The number of hydrogen-bond donors (Lipinski definition) is 0. The highest BCUT2D eigenvalue weighted by Gasteiger charge is 2.61. The van der Waals surface area contributed by atoms with E-state index in [1.165, 1.54) is 238 Å². The Morgan fingerprint density at radius 3 is 0.769 bits per heavy atom. The monoisotopic (exact) mass is 1800 g/mol. The van der Waals surface area contributed by atoms with Crippen molar-refractivity contribution < 1.29 is 0 Å². The van der Waals surface area contributed by atoms with E-state index in [1.807, 2.05) is 27.7 Å². The van der Waals surface area contributed by atoms with Gasteiger partial charge < -0.3 is 0 Å². The Morgan fingerprint density at radius 1 is 0.216 bits per heavy atom. The van der Waals surface area contributed by atoms with Crippen molar-refractivity contribution in [1.82, 2.24) is 0 Å². The molecule has 9 fully saturated rings. The van der Waals surface area contributed by atoms with Gasteiger partial charge in [-0.1, -0.05) is 497 Å². The predicted octanol–water partition coefficient (Wildman–Crippen LogP) is 41.2. The Morgan fingerprint density at radius 2 is 0.463 bits per heavy atom. The van der Waals surface area contributed by atoms with E-state index in [-0.39, 0.29) is 0 Å². The molecule has 722 valence electrons. The molecule has 11 aromatic rings. The van der Waals surface area contributed by atoms with Gasteiger partial charge in [-0.2, -0.15) is 0 Å². The fraction of sp³-hybridized carbons (Fsp3) is 0.522. The van der Waals surface area contributed by atoms with E-state index in [4.69, 9.17) is 0 Å². The molecule has 9 aliphatic rings. The van der Waals surface area contributed by atoms with Crippen LogP contribution < -0.4 is 0 Å². The summed E-state index contributed by atoms with van der Waals surface area (Å²) in [5.41, 5.74) is 28.0. The van der Waals surface area contributed by atoms with E-state index in [9.17, 15) is 0 Å². The van der Waals surface area contributed by atoms with Crippen molar-refractivity contribution >= 4 is 10.8 Å². The smallest absolute Gasteiger partial charge is 0.0162 e. The van der Waals surface area contributed by atoms with Gasteiger partial charge in [-0.05, 0) is 332 Å². The van der Waals surface area contributed by atoms with Gasteiger partial charge >= 0.3 is 0 Å². The van der Waals surface area contributed by atoms with Gasteiger partial charge in [0.1, 0.15) is 0 Å². The summed E-state index contributed by atoms with van der Waals surface area (Å²) in [6.45, 7) is 51.6. The molecule has 0 nitrogen and oxygen atoms in total. The fourth-order valence-corrected chi connectivity index (χ4v) is 24.4. The van der Waals surface area contributed by atoms with Crippen molar-refractivity contribution in [1.29, 1.82) is 0 Å². The third-order valence-corrected chi connectivity index (χ3v) is 33.7. The van der Waals surface area contributed by atoms with Crippen LogP contribution in [0.1, 0.15) is 361 Å². The highest BCUT2D eigenvalue weighted by molar-refractivity contribution is 5.83. The first-order chi connectivity index (χ1) is 64.6. The summed E-state index contributed by atoms with van der Waals surface area (Å²) in [4.78, 5) is 0. The highest BCUT2D eigenvalue weighted by atomic mass is 14.7. The molecule has 0 spiro atoms. The Kier molecular flexibility index (Phi) is 44.0. The lowest BCUT2D eigenvalue weighted by Gasteiger charge is -2.64. The van der Waals surface area contributed by atoms with Crippen molar-refractivity contribution in [3.05, 3.63) is 322 Å². The van der Waals surface area contributed by atoms with Crippen molar-refractivity contribution in [2.45, 2.75) is 364 Å². The van der Waals surface area contributed by atoms with Gasteiger partial charge in [0, 0.05) is 0 Å². The topological polar surface area (TPSA) is 0 Å². The summed E-state index contributed by atoms with van der Waals surface area (Å²) < 4.78 is 0. The second-order valence-corrected chi connectivity index (χ2v) is 44.7. The van der Waals surface area contributed by atoms with Gasteiger partial charge in [0.25, 0.3) is 0 Å². The standard InChI is InChI=1S/C20H34.C20H24.C20H18.C14H26.C14H20.C14H14.C12H12.C8H16.C8H10.2C2H6/c1-14-13-18-19(2)11-5-4-7-15(19)10-12-20(18,3)17-9-6-8-16(14)17;2*1-15-3-7-17(8-4-15)19-11-13-20(14-12-19)18-9-5-16(2)6-10-18;3*1-11-3-7-13(8-4-11)14-9-5-12(2)6-10-14;1-9-3-5-12-8-10(2)4-6-11(12)7-9;2*1-7-3-5-8(2)6-4-7;2*1-2/h14-18H,4-13H2,1-3H3;3-4,7-8,11-14,16,18H,5-6,9-10H2,1-2H3;3-14H,1-2H3;11-14H,3-10H2,1-2H3;3-4,7-8,12,14H,5-6,9-10H2,1-2H3;3-10H,1-2H3;3-8H,1-2H3;7-8H,3-6H2,1-2H3;3-6H,1-2H3;2*1-2H3/t14-,15?,16?,17?,18?,19+,20+;;;;;;;;;;/m1........../s1. The van der Waals surface area contributed by atoms with E-state index >= 15 is 0 Å². The quantitative estimate of drug-likeness (QED) is 0.149. The van der Waals surface area contributed by atoms with Crippen LogP contribution in [-0.2, 0) is 0 Å². The first-order valence-electron chi connectivity index (χ1n) is 54.7. The molecule has 0 amide bonds. The van der Waals surface area contributed by atoms with Crippen LogP contribution in [0.2, 0.25) is 0 Å². The lowest BCUT2D eigenvalue weighted by Crippen LogP contribution is -2.56. The maximum Gasteiger partial charge on any atom is -0.0162 e. The first-order valence-corrected chi connectivity index (χ1v) is 54.7. The Bertz CT molecular complexity index is 4840. The zero-order valence-corrected chi connectivity index (χ0v) is 89.1. The van der Waals surface area contributed by atoms with Crippen LogP contribution in [0.5, 0.6) is 0 Å². The summed E-state index contributed by atoms with van der Waals surface area (Å²) in [5.74, 6) is 15.1. The van der Waals surface area contributed by atoms with Crippen molar-refractivity contribution in [2.75, 3.05) is 0 Å². The molecule has 0 N–H and O–H groups in total. The van der Waals surface area contributed by atoms with E-state index in [2.05, 4.69) is 386 Å². The lowest BCUT2D eigenvalue weighted by atomic mass is 9.41. The van der Waals surface area contributed by atoms with Crippen molar-refractivity contribution in [3.8, 4) is 44.5 Å². The summed E-state index contributed by atoms with van der Waals surface area (Å²) in [7, 11) is 0. The Balaban J connectivity index is 0.000000157. The maximum atomic E-state index is 2.72. The zero-order valence-electron chi connectivity index (χ0n) is 89.1. The molecule has 11 aromatic carbocycles. The minimum atomic E-state index is 0.701. The Labute approximate surface area is 822 Å². The van der Waals surface area contributed by atoms with Gasteiger partial charge in [-0.25, -0.2) is 0 Å². The number of hydrogen-bond acceptors (Lipinski definition) is 0. The molecule has 0 saturated heterocycles. The second kappa shape index (κ2) is 54.7. The molecule has 0 heterocycles. The summed E-state index contributed by atoms with van der Waals surface area (Å²) in [6.07, 6.45) is 44.7. The SMILES string of the molecule is CC.CC.CC1CCC(C)CC1.CC1CCC(C2CCC(C)CC2)CC1.C[C@@H]1CC2[C@@]3(C)CCCCC3CC[C@@]2(C)C2CCCC21.Cc1ccc(-c2ccc(-c3ccc(C)cc3)cc2)cc1.Cc1ccc(-c2ccc(C)cc2)cc1.Cc1ccc(-c2ccc(C3CCC(C)CC3)cc2)cc1.Cc1ccc(C)cc1.Cc1ccc(C2CCC(C)CC2)cc1.Cc1ccc2cc(C)ccc2c1. The van der Waals surface area contributed by atoms with Gasteiger partial charge in [-0.15, -0.1) is 0 Å². The molecule has 9 aliphatic carbocycles. The Hall–Kier alpha value is -8.32. The van der Waals surface area contributed by atoms with E-state index in [0.29, 0.717) is 10.8 Å². The van der Waals surface area contributed by atoms with Crippen molar-refractivity contribution in [2.24, 2.45) is 87.8 Å². The molecule has 4 unspecified atom stereocenters. The molecule has 9 saturated carbocycles. The number of benzene rings is 11. The summed E-state index contributed by atoms with van der Waals surface area (Å²) in [6, 6.07) is 92.1. The van der Waals surface area contributed by atoms with E-state index < -0.39 is 0 Å². The van der Waals surface area contributed by atoms with Crippen LogP contribution in [0.3, 0.4) is 0 Å². The van der Waals surface area contributed by atoms with Gasteiger partial charge in [-0.3, -0.25) is 0 Å². The number of aryl methyl sites for hydroxylation is 10. The van der Waals surface area contributed by atoms with E-state index in [0.717, 1.165) is 88.8 Å². The molecule has 7 atom stereocenters. The molecule has 134 heavy (non-hydrogen) atoms. The molecular weight excluding hydrogens is 1610 g/mol. The minimum absolute atomic E-state index is 0.701. The summed E-state index contributed by atoms with van der Waals surface area (Å²) >= 11 is 0. The van der Waals surface area contributed by atoms with Crippen LogP contribution in [-0.4, -0.2) is 0 Å². The molecule has 0 aliphatic heterocycles. The third kappa shape index (κ3) is 33.0. The van der Waals surface area contributed by atoms with Gasteiger partial charge in [0.05, 0.1) is 0 Å². The van der Waals surface area contributed by atoms with Gasteiger partial charge in [0.2, 0.25) is 0 Å². The zero-order chi connectivity index (χ0) is 96.3. The second-order valence-electron chi connectivity index (χ2n) is 44.7. The average Bonchev–Trinajstić information content (AvgIpc) is 1.30. The van der Waals surface area contributed by atoms with Crippen LogP contribution in [0.15, 0.2) is 255 Å². The van der Waals surface area contributed by atoms with Crippen LogP contribution in [0.25, 0.3) is 55.3 Å². The average molecular weight is 1800 g/mol. The van der Waals surface area contributed by atoms with Crippen molar-refractivity contribution in [3.63, 3.8) is 0 Å². The first kappa shape index (κ1) is 108. The normalized spacial score (nSPS) is 26.3. The molecule has 0 aromatic heterocycles. The molecule has 0 radical (unpaired) electrons. The number of rotatable bonds is 7. The summed E-state index contributed by atoms with van der Waals surface area (Å²) in [5, 5.41) is 2.67. The minimum Gasteiger partial charge on any atom is -0.0683 e. The predicted molar refractivity (Wildman–Crippen MR) is 593 cm³/mol. The van der Waals surface area contributed by atoms with Crippen LogP contribution in [0.4, 0.5) is 0 Å². The largest absolute Gasteiger partial charge is 0.0683 e.